The van der Waals surface area contributed by atoms with Gasteiger partial charge in [0.25, 0.3) is 0 Å². The van der Waals surface area contributed by atoms with Crippen LogP contribution in [-0.2, 0) is 31.2 Å². The fourth-order valence-electron chi connectivity index (χ4n) is 1.09. The van der Waals surface area contributed by atoms with Crippen molar-refractivity contribution in [2.45, 2.75) is 5.02 Å². The summed E-state index contributed by atoms with van der Waals surface area (Å²) >= 11 is 0. The summed E-state index contributed by atoms with van der Waals surface area (Å²) in [4.78, 5) is 39.5. The van der Waals surface area contributed by atoms with Crippen LogP contribution in [-0.4, -0.2) is 24.6 Å². The van der Waals surface area contributed by atoms with Crippen LogP contribution in [0.15, 0.2) is 24.5 Å². The van der Waals surface area contributed by atoms with E-state index in [-0.39, 0.29) is 17.1 Å². The van der Waals surface area contributed by atoms with Crippen molar-refractivity contribution < 1.29 is 45.8 Å². The maximum absolute atomic E-state index is 11.1. The quantitative estimate of drug-likeness (QED) is 0.367. The number of rotatable bonds is 3. The van der Waals surface area contributed by atoms with Crippen molar-refractivity contribution in [1.29, 1.82) is 0 Å². The largest absolute Gasteiger partial charge is 0.362 e. The molecule has 0 spiro atoms. The Morgan fingerprint density at radius 1 is 1.18 bits per heavy atom. The van der Waals surface area contributed by atoms with E-state index in [1.807, 2.05) is 0 Å². The van der Waals surface area contributed by atoms with E-state index < -0.39 is 25.8 Å². The summed E-state index contributed by atoms with van der Waals surface area (Å²) in [6, 6.07) is 2.35. The summed E-state index contributed by atoms with van der Waals surface area (Å²) in [5.41, 5.74) is 4.79. The molecular weight excluding hydrogens is 322 g/mol. The molecule has 0 aliphatic carbocycles. The molecule has 11 heteroatoms. The van der Waals surface area contributed by atoms with Gasteiger partial charge in [-0.2, -0.15) is 0 Å². The minimum atomic E-state index is -5.26. The number of nitrogens with zero attached hydrogens (tertiary/aromatic N) is 1. The van der Waals surface area contributed by atoms with Gasteiger partial charge >= 0.3 is 15.2 Å². The summed E-state index contributed by atoms with van der Waals surface area (Å²) in [5.74, 6) is 0. The summed E-state index contributed by atoms with van der Waals surface area (Å²) < 4.78 is 22.3. The van der Waals surface area contributed by atoms with E-state index >= 15 is 0 Å². The van der Waals surface area contributed by atoms with Gasteiger partial charge < -0.3 is 25.3 Å². The van der Waals surface area contributed by atoms with Crippen molar-refractivity contribution in [3.63, 3.8) is 0 Å². The van der Waals surface area contributed by atoms with Crippen LogP contribution in [0.4, 0.5) is 0 Å². The Morgan fingerprint density at radius 2 is 1.65 bits per heavy atom. The molecule has 1 rings (SSSR count). The van der Waals surface area contributed by atoms with Crippen molar-refractivity contribution in [3.05, 3.63) is 30.1 Å². The third-order valence-corrected chi connectivity index (χ3v) is 5.83. The first kappa shape index (κ1) is 16.9. The molecule has 0 saturated heterocycles. The predicted octanol–water partition coefficient (Wildman–Crippen LogP) is -0.496. The van der Waals surface area contributed by atoms with Crippen LogP contribution in [0.25, 0.3) is 0 Å². The first-order chi connectivity index (χ1) is 7.11. The van der Waals surface area contributed by atoms with Gasteiger partial charge in [-0.1, -0.05) is 6.07 Å². The van der Waals surface area contributed by atoms with Gasteiger partial charge in [-0.3, -0.25) is 14.1 Å². The fraction of sp³-hybridized carbons (Fsp3) is 0.167. The normalized spacial score (nSPS) is 13.0. The predicted molar refractivity (Wildman–Crippen MR) is 54.2 cm³/mol. The van der Waals surface area contributed by atoms with Crippen LogP contribution in [0.2, 0.25) is 0 Å². The molecule has 6 N–H and O–H groups in total. The van der Waals surface area contributed by atoms with Gasteiger partial charge in [-0.15, -0.1) is 0 Å². The second-order valence-electron chi connectivity index (χ2n) is 3.06. The molecule has 1 radical (unpaired) electrons. The zero-order valence-electron chi connectivity index (χ0n) is 8.14. The maximum atomic E-state index is 11.1. The fourth-order valence-corrected chi connectivity index (χ4v) is 3.38. The molecule has 0 aromatic carbocycles. The molecule has 0 aliphatic rings. The number of nitrogens with two attached hydrogens (primary N) is 1. The Labute approximate surface area is 107 Å². The molecule has 0 amide bonds. The van der Waals surface area contributed by atoms with E-state index in [4.69, 9.17) is 25.3 Å². The van der Waals surface area contributed by atoms with Crippen LogP contribution in [0.5, 0.6) is 0 Å². The van der Waals surface area contributed by atoms with Crippen molar-refractivity contribution in [2.24, 2.45) is 5.73 Å². The van der Waals surface area contributed by atoms with Crippen LogP contribution in [0, 0.1) is 0 Å². The summed E-state index contributed by atoms with van der Waals surface area (Å²) in [6.07, 6.45) is 2.18. The molecule has 0 aliphatic heterocycles. The molecule has 0 unspecified atom stereocenters. The molecule has 0 fully saturated rings. The van der Waals surface area contributed by atoms with Gasteiger partial charge in [-0.25, -0.2) is 0 Å². The van der Waals surface area contributed by atoms with E-state index in [9.17, 15) is 9.13 Å². The first-order valence-corrected chi connectivity index (χ1v) is 7.14. The number of hydrogen-bond donors (Lipinski definition) is 5. The number of hydrogen-bond acceptors (Lipinski definition) is 4. The molecule has 8 nitrogen and oxygen atoms in total. The Balaban J connectivity index is 0.00000256. The number of aromatic nitrogens is 1. The van der Waals surface area contributed by atoms with Gasteiger partial charge in [0, 0.05) is 35.0 Å². The third kappa shape index (κ3) is 3.03. The van der Waals surface area contributed by atoms with Crippen molar-refractivity contribution in [3.8, 4) is 0 Å². The third-order valence-electron chi connectivity index (χ3n) is 1.97. The standard InChI is InChI=1S/C6H10N2O6P2.Cu/c7-6(15(9,10)11,16(12,13)14)5-2-1-3-8-4-5;/h1-4H,7H2,(H2,9,10,11)(H2,12,13,14);. The van der Waals surface area contributed by atoms with E-state index in [0.717, 1.165) is 12.3 Å². The van der Waals surface area contributed by atoms with Crippen molar-refractivity contribution >= 4 is 15.2 Å². The second kappa shape index (κ2) is 5.28. The van der Waals surface area contributed by atoms with Gasteiger partial charge in [0.2, 0.25) is 5.02 Å². The van der Waals surface area contributed by atoms with Crippen molar-refractivity contribution in [1.82, 2.24) is 4.98 Å². The summed E-state index contributed by atoms with van der Waals surface area (Å²) in [7, 11) is -10.5. The van der Waals surface area contributed by atoms with Gasteiger partial charge in [-0.05, 0) is 6.07 Å². The van der Waals surface area contributed by atoms with Gasteiger partial charge in [0.1, 0.15) is 0 Å². The average Bonchev–Trinajstić information content (AvgIpc) is 2.14. The Kier molecular flexibility index (Phi) is 5.26. The molecule has 1 aromatic heterocycles. The Hall–Kier alpha value is -0.0705. The molecule has 1 aromatic rings. The van der Waals surface area contributed by atoms with Gasteiger partial charge in [0.15, 0.2) is 0 Å². The summed E-state index contributed by atoms with van der Waals surface area (Å²) in [6.45, 7) is 0. The number of pyridine rings is 1. The molecule has 17 heavy (non-hydrogen) atoms. The van der Waals surface area contributed by atoms with Crippen LogP contribution in [0.1, 0.15) is 5.56 Å². The van der Waals surface area contributed by atoms with Crippen molar-refractivity contribution in [2.75, 3.05) is 0 Å². The first-order valence-electron chi connectivity index (χ1n) is 3.91. The second-order valence-corrected chi connectivity index (χ2v) is 7.00. The zero-order valence-corrected chi connectivity index (χ0v) is 10.9. The average molecular weight is 332 g/mol. The van der Waals surface area contributed by atoms with Crippen LogP contribution >= 0.6 is 15.2 Å². The molecule has 101 valence electrons. The smallest absolute Gasteiger partial charge is 0.322 e. The molecule has 1 heterocycles. The van der Waals surface area contributed by atoms with Gasteiger partial charge in [0.05, 0.1) is 0 Å². The maximum Gasteiger partial charge on any atom is 0.362 e. The monoisotopic (exact) mass is 331 g/mol. The van der Waals surface area contributed by atoms with E-state index in [1.54, 1.807) is 0 Å². The van der Waals surface area contributed by atoms with E-state index in [1.165, 1.54) is 12.3 Å². The summed E-state index contributed by atoms with van der Waals surface area (Å²) in [5, 5.41) is -3.06. The molecule has 0 atom stereocenters. The minimum absolute atomic E-state index is 0. The molecule has 0 bridgehead atoms. The van der Waals surface area contributed by atoms with E-state index in [0.29, 0.717) is 0 Å². The molecule has 0 saturated carbocycles. The minimum Gasteiger partial charge on any atom is -0.322 e. The van der Waals surface area contributed by atoms with Crippen LogP contribution < -0.4 is 5.73 Å². The topological polar surface area (TPSA) is 154 Å². The Morgan fingerprint density at radius 3 is 1.94 bits per heavy atom. The Bertz CT molecular complexity index is 449. The SMILES string of the molecule is NC(c1cccnc1)(P(=O)(O)O)P(=O)(O)O.[Cu]. The zero-order chi connectivity index (χ0) is 12.6. The van der Waals surface area contributed by atoms with E-state index in [2.05, 4.69) is 4.98 Å². The van der Waals surface area contributed by atoms with Crippen LogP contribution in [0.3, 0.4) is 0 Å². The molecular formula is C6H10CuN2O6P2.